The number of hydrogen-bond acceptors (Lipinski definition) is 9. The first-order chi connectivity index (χ1) is 15.9. The van der Waals surface area contributed by atoms with Crippen LogP contribution in [-0.2, 0) is 11.3 Å². The van der Waals surface area contributed by atoms with E-state index in [9.17, 15) is 19.7 Å². The van der Waals surface area contributed by atoms with Gasteiger partial charge in [-0.25, -0.2) is 9.80 Å². The smallest absolute Gasteiger partial charge is 0.433 e. The molecular weight excluding hydrogens is 434 g/mol. The molecule has 13 nitrogen and oxygen atoms in total. The number of nitro groups is 1. The maximum Gasteiger partial charge on any atom is 0.433 e. The summed E-state index contributed by atoms with van der Waals surface area (Å²) in [6.45, 7) is 0.427. The molecule has 3 amide bonds. The highest BCUT2D eigenvalue weighted by Crippen LogP contribution is 2.20. The molecule has 1 aromatic carbocycles. The number of methoxy groups -OCH3 is 1. The molecule has 170 valence electrons. The lowest BCUT2D eigenvalue weighted by atomic mass is 10.2. The third kappa shape index (κ3) is 4.87. The number of nitrogens with zero attached hydrogens (tertiary/aromatic N) is 7. The number of hydrogen-bond donors (Lipinski definition) is 0. The molecule has 33 heavy (non-hydrogen) atoms. The Hall–Kier alpha value is -4.55. The van der Waals surface area contributed by atoms with E-state index < -0.39 is 16.8 Å². The minimum atomic E-state index is -0.682. The highest BCUT2D eigenvalue weighted by molar-refractivity contribution is 6.02. The molecule has 4 rings (SSSR count). The SMILES string of the molecule is COc1ccc(-c2cn(CCCN3C(=O)CN(/N=C/c4ccc([N+](=O)[O-])o4)C3=O)nn2)cc1. The number of hydrazone groups is 1. The van der Waals surface area contributed by atoms with Crippen molar-refractivity contribution >= 4 is 24.0 Å². The van der Waals surface area contributed by atoms with Gasteiger partial charge in [-0.2, -0.15) is 5.10 Å². The van der Waals surface area contributed by atoms with Crippen molar-refractivity contribution < 1.29 is 23.7 Å². The van der Waals surface area contributed by atoms with Crippen LogP contribution in [0, 0.1) is 10.1 Å². The zero-order valence-corrected chi connectivity index (χ0v) is 17.5. The van der Waals surface area contributed by atoms with Crippen LogP contribution in [0.4, 0.5) is 10.7 Å². The van der Waals surface area contributed by atoms with Gasteiger partial charge in [-0.15, -0.1) is 5.10 Å². The largest absolute Gasteiger partial charge is 0.497 e. The molecule has 0 unspecified atom stereocenters. The average Bonchev–Trinajstić information content (AvgIpc) is 3.54. The van der Waals surface area contributed by atoms with Crippen molar-refractivity contribution in [3.05, 3.63) is 58.5 Å². The summed E-state index contributed by atoms with van der Waals surface area (Å²) in [4.78, 5) is 35.8. The normalized spacial score (nSPS) is 14.0. The number of ether oxygens (including phenoxy) is 1. The molecule has 1 aliphatic rings. The van der Waals surface area contributed by atoms with Gasteiger partial charge < -0.3 is 9.15 Å². The van der Waals surface area contributed by atoms with Crippen LogP contribution in [0.2, 0.25) is 0 Å². The number of benzene rings is 1. The molecule has 0 saturated carbocycles. The highest BCUT2D eigenvalue weighted by Gasteiger charge is 2.35. The zero-order chi connectivity index (χ0) is 23.4. The second-order valence-corrected chi connectivity index (χ2v) is 7.01. The van der Waals surface area contributed by atoms with E-state index in [-0.39, 0.29) is 24.8 Å². The summed E-state index contributed by atoms with van der Waals surface area (Å²) in [5.41, 5.74) is 1.59. The number of imide groups is 1. The molecule has 0 bridgehead atoms. The number of furan rings is 1. The van der Waals surface area contributed by atoms with Crippen LogP contribution >= 0.6 is 0 Å². The Balaban J connectivity index is 1.30. The van der Waals surface area contributed by atoms with E-state index in [4.69, 9.17) is 9.15 Å². The maximum absolute atomic E-state index is 12.5. The van der Waals surface area contributed by atoms with Crippen LogP contribution in [0.5, 0.6) is 5.75 Å². The van der Waals surface area contributed by atoms with Crippen molar-refractivity contribution in [1.82, 2.24) is 24.9 Å². The molecule has 13 heteroatoms. The number of urea groups is 1. The summed E-state index contributed by atoms with van der Waals surface area (Å²) in [6.07, 6.45) is 3.41. The molecule has 3 heterocycles. The molecule has 0 atom stereocenters. The van der Waals surface area contributed by atoms with Gasteiger partial charge in [0, 0.05) is 18.7 Å². The summed E-state index contributed by atoms with van der Waals surface area (Å²) in [5, 5.41) is 23.8. The van der Waals surface area contributed by atoms with E-state index in [1.54, 1.807) is 18.0 Å². The lowest BCUT2D eigenvalue weighted by Gasteiger charge is -2.13. The van der Waals surface area contributed by atoms with Crippen molar-refractivity contribution in [3.8, 4) is 17.0 Å². The Morgan fingerprint density at radius 2 is 2.00 bits per heavy atom. The van der Waals surface area contributed by atoms with Crippen LogP contribution in [-0.4, -0.2) is 68.2 Å². The maximum atomic E-state index is 12.5. The molecule has 0 spiro atoms. The quantitative estimate of drug-likeness (QED) is 0.207. The fourth-order valence-corrected chi connectivity index (χ4v) is 3.17. The van der Waals surface area contributed by atoms with Crippen molar-refractivity contribution in [2.45, 2.75) is 13.0 Å². The van der Waals surface area contributed by atoms with Crippen molar-refractivity contribution in [1.29, 1.82) is 0 Å². The molecule has 0 aliphatic carbocycles. The zero-order valence-electron chi connectivity index (χ0n) is 17.5. The van der Waals surface area contributed by atoms with Crippen LogP contribution in [0.3, 0.4) is 0 Å². The van der Waals surface area contributed by atoms with Crippen LogP contribution in [0.25, 0.3) is 11.3 Å². The number of amides is 3. The first kappa shape index (κ1) is 21.7. The Labute approximate surface area is 187 Å². The number of aromatic nitrogens is 3. The molecule has 2 aromatic heterocycles. The second kappa shape index (κ2) is 9.30. The molecule has 1 saturated heterocycles. The van der Waals surface area contributed by atoms with Crippen molar-refractivity contribution in [2.75, 3.05) is 20.2 Å². The monoisotopic (exact) mass is 453 g/mol. The predicted molar refractivity (Wildman–Crippen MR) is 113 cm³/mol. The van der Waals surface area contributed by atoms with Gasteiger partial charge >= 0.3 is 11.9 Å². The van der Waals surface area contributed by atoms with E-state index in [0.29, 0.717) is 18.7 Å². The lowest BCUT2D eigenvalue weighted by Crippen LogP contribution is -2.32. The summed E-state index contributed by atoms with van der Waals surface area (Å²) >= 11 is 0. The Morgan fingerprint density at radius 1 is 1.21 bits per heavy atom. The Kier molecular flexibility index (Phi) is 6.11. The summed E-state index contributed by atoms with van der Waals surface area (Å²) < 4.78 is 11.7. The van der Waals surface area contributed by atoms with Crippen molar-refractivity contribution in [3.63, 3.8) is 0 Å². The van der Waals surface area contributed by atoms with Crippen LogP contribution in [0.1, 0.15) is 12.2 Å². The van der Waals surface area contributed by atoms with E-state index in [2.05, 4.69) is 15.4 Å². The number of carbonyl (C=O) groups excluding carboxylic acids is 2. The minimum Gasteiger partial charge on any atom is -0.497 e. The van der Waals surface area contributed by atoms with E-state index in [0.717, 1.165) is 27.4 Å². The van der Waals surface area contributed by atoms with Gasteiger partial charge in [-0.3, -0.25) is 24.5 Å². The van der Waals surface area contributed by atoms with Gasteiger partial charge in [0.25, 0.3) is 5.91 Å². The highest BCUT2D eigenvalue weighted by atomic mass is 16.6. The summed E-state index contributed by atoms with van der Waals surface area (Å²) in [6, 6.07) is 9.38. The van der Waals surface area contributed by atoms with Crippen molar-refractivity contribution in [2.24, 2.45) is 5.10 Å². The van der Waals surface area contributed by atoms with Gasteiger partial charge in [-0.05, 0) is 36.8 Å². The minimum absolute atomic E-state index is 0.0965. The lowest BCUT2D eigenvalue weighted by molar-refractivity contribution is -0.402. The molecule has 3 aromatic rings. The molecular formula is C20H19N7O6. The first-order valence-electron chi connectivity index (χ1n) is 9.89. The fourth-order valence-electron chi connectivity index (χ4n) is 3.17. The van der Waals surface area contributed by atoms with Gasteiger partial charge in [-0.1, -0.05) is 5.21 Å². The van der Waals surface area contributed by atoms with Gasteiger partial charge in [0.05, 0.1) is 25.6 Å². The summed E-state index contributed by atoms with van der Waals surface area (Å²) in [5.74, 6) is 0.0134. The van der Waals surface area contributed by atoms with Gasteiger partial charge in [0.1, 0.15) is 22.9 Å². The Morgan fingerprint density at radius 3 is 2.70 bits per heavy atom. The van der Waals surface area contributed by atoms with E-state index in [1.807, 2.05) is 24.3 Å². The molecule has 0 N–H and O–H groups in total. The number of aryl methyl sites for hydroxylation is 1. The third-order valence-electron chi connectivity index (χ3n) is 4.85. The molecule has 0 radical (unpaired) electrons. The standard InChI is InChI=1S/C20H19N7O6/c1-32-15-5-3-14(4-6-15)17-12-24(23-22-17)9-2-10-25-18(28)13-26(20(25)29)21-11-16-7-8-19(33-16)27(30)31/h3-8,11-12H,2,9-10,13H2,1H3/b21-11+. The second-order valence-electron chi connectivity index (χ2n) is 7.01. The Bertz CT molecular complexity index is 1200. The third-order valence-corrected chi connectivity index (χ3v) is 4.85. The predicted octanol–water partition coefficient (Wildman–Crippen LogP) is 2.14. The van der Waals surface area contributed by atoms with Gasteiger partial charge in [0.15, 0.2) is 5.76 Å². The molecule has 1 aliphatic heterocycles. The van der Waals surface area contributed by atoms with E-state index in [1.165, 1.54) is 12.1 Å². The summed E-state index contributed by atoms with van der Waals surface area (Å²) in [7, 11) is 1.60. The van der Waals surface area contributed by atoms with Crippen LogP contribution < -0.4 is 4.74 Å². The first-order valence-corrected chi connectivity index (χ1v) is 9.89. The molecule has 1 fully saturated rings. The van der Waals surface area contributed by atoms with Crippen LogP contribution in [0.15, 0.2) is 52.1 Å². The number of carbonyl (C=O) groups is 2. The fraction of sp³-hybridized carbons (Fsp3) is 0.250. The number of rotatable bonds is 9. The van der Waals surface area contributed by atoms with Gasteiger partial charge in [0.2, 0.25) is 0 Å². The topological polar surface area (TPSA) is 149 Å². The average molecular weight is 453 g/mol. The van der Waals surface area contributed by atoms with E-state index >= 15 is 0 Å².